The van der Waals surface area contributed by atoms with Crippen LogP contribution in [0.4, 0.5) is 0 Å². The van der Waals surface area contributed by atoms with Crippen LogP contribution < -0.4 is 0 Å². The lowest BCUT2D eigenvalue weighted by Gasteiger charge is -2.08. The van der Waals surface area contributed by atoms with Crippen LogP contribution in [0.2, 0.25) is 0 Å². The first-order chi connectivity index (χ1) is 6.29. The summed E-state index contributed by atoms with van der Waals surface area (Å²) in [5.74, 6) is 0. The number of rotatable bonds is 4. The van der Waals surface area contributed by atoms with Gasteiger partial charge >= 0.3 is 0 Å². The van der Waals surface area contributed by atoms with Crippen molar-refractivity contribution in [1.82, 2.24) is 0 Å². The zero-order chi connectivity index (χ0) is 9.68. The van der Waals surface area contributed by atoms with E-state index in [2.05, 4.69) is 15.9 Å². The van der Waals surface area contributed by atoms with Crippen molar-refractivity contribution in [2.24, 2.45) is 0 Å². The molecule has 0 aliphatic heterocycles. The van der Waals surface area contributed by atoms with Crippen molar-refractivity contribution in [3.05, 3.63) is 33.8 Å². The van der Waals surface area contributed by atoms with Gasteiger partial charge in [-0.2, -0.15) is 0 Å². The predicted molar refractivity (Wildman–Crippen MR) is 55.6 cm³/mol. The van der Waals surface area contributed by atoms with Gasteiger partial charge in [0, 0.05) is 18.7 Å². The molecule has 0 aliphatic rings. The summed E-state index contributed by atoms with van der Waals surface area (Å²) in [6.07, 6.45) is 0. The van der Waals surface area contributed by atoms with Crippen molar-refractivity contribution in [1.29, 1.82) is 0 Å². The Morgan fingerprint density at radius 2 is 1.54 bits per heavy atom. The lowest BCUT2D eigenvalue weighted by Crippen LogP contribution is -1.95. The molecular weight excluding hydrogens is 232 g/mol. The minimum Gasteiger partial charge on any atom is -0.380 e. The lowest BCUT2D eigenvalue weighted by atomic mass is 10.1. The molecule has 0 saturated carbocycles. The van der Waals surface area contributed by atoms with Gasteiger partial charge in [0.05, 0.1) is 13.2 Å². The molecule has 0 amide bonds. The van der Waals surface area contributed by atoms with E-state index >= 15 is 0 Å². The molecule has 0 atom stereocenters. The van der Waals surface area contributed by atoms with Gasteiger partial charge in [0.2, 0.25) is 0 Å². The second kappa shape index (κ2) is 5.37. The molecule has 3 heteroatoms. The van der Waals surface area contributed by atoms with Gasteiger partial charge in [0.25, 0.3) is 0 Å². The van der Waals surface area contributed by atoms with Gasteiger partial charge in [-0.25, -0.2) is 0 Å². The largest absolute Gasteiger partial charge is 0.380 e. The highest BCUT2D eigenvalue weighted by atomic mass is 79.9. The number of ether oxygens (including phenoxy) is 2. The van der Waals surface area contributed by atoms with E-state index in [1.54, 1.807) is 14.2 Å². The van der Waals surface area contributed by atoms with E-state index < -0.39 is 0 Å². The van der Waals surface area contributed by atoms with E-state index in [0.717, 1.165) is 15.6 Å². The fraction of sp³-hybridized carbons (Fsp3) is 0.400. The molecule has 0 N–H and O–H groups in total. The Balaban J connectivity index is 2.89. The van der Waals surface area contributed by atoms with Crippen LogP contribution in [-0.2, 0) is 22.7 Å². The van der Waals surface area contributed by atoms with E-state index in [4.69, 9.17) is 9.47 Å². The molecule has 0 fully saturated rings. The number of methoxy groups -OCH3 is 2. The molecule has 0 saturated heterocycles. The first kappa shape index (κ1) is 10.7. The first-order valence-electron chi connectivity index (χ1n) is 4.03. The molecule has 0 heterocycles. The van der Waals surface area contributed by atoms with Crippen molar-refractivity contribution >= 4 is 15.9 Å². The first-order valence-corrected chi connectivity index (χ1v) is 4.83. The van der Waals surface area contributed by atoms with Crippen LogP contribution in [0.15, 0.2) is 22.7 Å². The Bertz CT molecular complexity index is 249. The molecule has 0 aromatic heterocycles. The Kier molecular flexibility index (Phi) is 4.42. The molecular formula is C10H13BrO2. The topological polar surface area (TPSA) is 18.5 Å². The number of benzene rings is 1. The average molecular weight is 245 g/mol. The molecule has 2 nitrogen and oxygen atoms in total. The highest BCUT2D eigenvalue weighted by molar-refractivity contribution is 9.10. The van der Waals surface area contributed by atoms with Gasteiger partial charge in [-0.15, -0.1) is 0 Å². The van der Waals surface area contributed by atoms with E-state index in [1.165, 1.54) is 0 Å². The van der Waals surface area contributed by atoms with E-state index in [0.29, 0.717) is 13.2 Å². The zero-order valence-electron chi connectivity index (χ0n) is 7.84. The average Bonchev–Trinajstić information content (AvgIpc) is 2.13. The summed E-state index contributed by atoms with van der Waals surface area (Å²) in [7, 11) is 3.38. The quantitative estimate of drug-likeness (QED) is 0.811. The summed E-state index contributed by atoms with van der Waals surface area (Å²) in [5, 5.41) is 0. The second-order valence-corrected chi connectivity index (χ2v) is 3.55. The van der Waals surface area contributed by atoms with Crippen molar-refractivity contribution in [2.45, 2.75) is 13.2 Å². The molecule has 13 heavy (non-hydrogen) atoms. The van der Waals surface area contributed by atoms with Crippen LogP contribution in [0.1, 0.15) is 11.1 Å². The van der Waals surface area contributed by atoms with Gasteiger partial charge in [-0.1, -0.05) is 34.1 Å². The van der Waals surface area contributed by atoms with Crippen LogP contribution in [-0.4, -0.2) is 14.2 Å². The third-order valence-electron chi connectivity index (χ3n) is 1.76. The maximum absolute atomic E-state index is 5.07. The fourth-order valence-corrected chi connectivity index (χ4v) is 1.66. The van der Waals surface area contributed by atoms with Crippen molar-refractivity contribution in [2.75, 3.05) is 14.2 Å². The maximum atomic E-state index is 5.07. The molecule has 0 radical (unpaired) electrons. The van der Waals surface area contributed by atoms with Crippen LogP contribution in [0, 0.1) is 0 Å². The standard InChI is InChI=1S/C10H13BrO2/c1-12-6-8-4-3-5-9(7-13-2)10(8)11/h3-5H,6-7H2,1-2H3. The minimum absolute atomic E-state index is 0.623. The smallest absolute Gasteiger partial charge is 0.0724 e. The Hall–Kier alpha value is -0.380. The number of hydrogen-bond acceptors (Lipinski definition) is 2. The van der Waals surface area contributed by atoms with Crippen LogP contribution in [0.3, 0.4) is 0 Å². The highest BCUT2D eigenvalue weighted by Crippen LogP contribution is 2.22. The highest BCUT2D eigenvalue weighted by Gasteiger charge is 2.04. The normalized spacial score (nSPS) is 10.4. The van der Waals surface area contributed by atoms with Gasteiger partial charge in [-0.3, -0.25) is 0 Å². The zero-order valence-corrected chi connectivity index (χ0v) is 9.43. The Labute approximate surface area is 87.0 Å². The summed E-state index contributed by atoms with van der Waals surface area (Å²) >= 11 is 3.52. The summed E-state index contributed by atoms with van der Waals surface area (Å²) in [4.78, 5) is 0. The van der Waals surface area contributed by atoms with Gasteiger partial charge in [-0.05, 0) is 11.1 Å². The summed E-state index contributed by atoms with van der Waals surface area (Å²) in [6, 6.07) is 6.08. The van der Waals surface area contributed by atoms with Crippen LogP contribution in [0.5, 0.6) is 0 Å². The molecule has 0 aliphatic carbocycles. The lowest BCUT2D eigenvalue weighted by molar-refractivity contribution is 0.179. The van der Waals surface area contributed by atoms with Gasteiger partial charge in [0.15, 0.2) is 0 Å². The Morgan fingerprint density at radius 1 is 1.08 bits per heavy atom. The monoisotopic (exact) mass is 244 g/mol. The Morgan fingerprint density at radius 3 is 1.92 bits per heavy atom. The molecule has 0 spiro atoms. The van der Waals surface area contributed by atoms with Gasteiger partial charge < -0.3 is 9.47 Å². The third-order valence-corrected chi connectivity index (χ3v) is 2.78. The molecule has 1 aromatic rings. The number of hydrogen-bond donors (Lipinski definition) is 0. The third kappa shape index (κ3) is 2.79. The maximum Gasteiger partial charge on any atom is 0.0724 e. The minimum atomic E-state index is 0.623. The fourth-order valence-electron chi connectivity index (χ4n) is 1.17. The molecule has 1 rings (SSSR count). The van der Waals surface area contributed by atoms with Crippen molar-refractivity contribution in [3.8, 4) is 0 Å². The molecule has 0 bridgehead atoms. The van der Waals surface area contributed by atoms with E-state index in [1.807, 2.05) is 18.2 Å². The van der Waals surface area contributed by atoms with E-state index in [-0.39, 0.29) is 0 Å². The van der Waals surface area contributed by atoms with Crippen LogP contribution >= 0.6 is 15.9 Å². The number of halogens is 1. The van der Waals surface area contributed by atoms with Crippen molar-refractivity contribution in [3.63, 3.8) is 0 Å². The van der Waals surface area contributed by atoms with Crippen molar-refractivity contribution < 1.29 is 9.47 Å². The molecule has 0 unspecified atom stereocenters. The van der Waals surface area contributed by atoms with Crippen LogP contribution in [0.25, 0.3) is 0 Å². The summed E-state index contributed by atoms with van der Waals surface area (Å²) in [6.45, 7) is 1.25. The second-order valence-electron chi connectivity index (χ2n) is 2.76. The SMILES string of the molecule is COCc1cccc(COC)c1Br. The molecule has 72 valence electrons. The predicted octanol–water partition coefficient (Wildman–Crippen LogP) is 2.74. The summed E-state index contributed by atoms with van der Waals surface area (Å²) in [5.41, 5.74) is 2.30. The summed E-state index contributed by atoms with van der Waals surface area (Å²) < 4.78 is 11.2. The van der Waals surface area contributed by atoms with E-state index in [9.17, 15) is 0 Å². The van der Waals surface area contributed by atoms with Gasteiger partial charge in [0.1, 0.15) is 0 Å². The molecule has 1 aromatic carbocycles.